The molecule has 0 amide bonds. The number of nitrogens with zero attached hydrogens (tertiary/aromatic N) is 5. The van der Waals surface area contributed by atoms with Gasteiger partial charge >= 0.3 is 0 Å². The highest BCUT2D eigenvalue weighted by molar-refractivity contribution is 9.10. The van der Waals surface area contributed by atoms with Crippen LogP contribution in [0.25, 0.3) is 6.08 Å². The maximum atomic E-state index is 11.0. The summed E-state index contributed by atoms with van der Waals surface area (Å²) in [4.78, 5) is 22.3. The van der Waals surface area contributed by atoms with Gasteiger partial charge in [0.05, 0.1) is 21.3 Å². The number of aromatic nitrogens is 1. The molecule has 8 heteroatoms. The Balaban J connectivity index is 3.34. The van der Waals surface area contributed by atoms with Crippen molar-refractivity contribution >= 4 is 39.8 Å². The van der Waals surface area contributed by atoms with Crippen molar-refractivity contribution in [2.24, 2.45) is 4.99 Å². The van der Waals surface area contributed by atoms with E-state index < -0.39 is 4.92 Å². The lowest BCUT2D eigenvalue weighted by atomic mass is 10.2. The summed E-state index contributed by atoms with van der Waals surface area (Å²) in [6, 6.07) is 0. The van der Waals surface area contributed by atoms with Crippen LogP contribution in [0, 0.1) is 10.1 Å². The molecule has 0 N–H and O–H groups in total. The largest absolute Gasteiger partial charge is 0.383 e. The first-order valence-corrected chi connectivity index (χ1v) is 6.50. The normalized spacial score (nSPS) is 11.2. The molecule has 20 heavy (non-hydrogen) atoms. The van der Waals surface area contributed by atoms with Crippen LogP contribution in [0.5, 0.6) is 0 Å². The molecule has 0 spiro atoms. The van der Waals surface area contributed by atoms with E-state index in [1.807, 2.05) is 28.2 Å². The molecule has 0 unspecified atom stereocenters. The molecule has 7 nitrogen and oxygen atoms in total. The first-order valence-electron chi connectivity index (χ1n) is 5.71. The Bertz CT molecular complexity index is 555. The van der Waals surface area contributed by atoms with Gasteiger partial charge in [-0.1, -0.05) is 0 Å². The summed E-state index contributed by atoms with van der Waals surface area (Å²) in [6.07, 6.45) is 6.17. The van der Waals surface area contributed by atoms with Crippen LogP contribution in [0.15, 0.2) is 21.9 Å². The maximum absolute atomic E-state index is 11.0. The average molecular weight is 342 g/mol. The minimum Gasteiger partial charge on any atom is -0.383 e. The van der Waals surface area contributed by atoms with Crippen molar-refractivity contribution in [2.75, 3.05) is 28.2 Å². The van der Waals surface area contributed by atoms with Gasteiger partial charge in [-0.05, 0) is 28.2 Å². The lowest BCUT2D eigenvalue weighted by Gasteiger charge is -2.07. The predicted octanol–water partition coefficient (Wildman–Crippen LogP) is 2.51. The number of hydrogen-bond acceptors (Lipinski definition) is 5. The maximum Gasteiger partial charge on any atom is 0.296 e. The van der Waals surface area contributed by atoms with Crippen molar-refractivity contribution in [3.05, 3.63) is 32.5 Å². The Kier molecular flexibility index (Phi) is 5.63. The van der Waals surface area contributed by atoms with Gasteiger partial charge in [-0.15, -0.1) is 0 Å². The standard InChI is InChI=1S/C12H16BrN5O2/c1-16(2)6-5-9-10(18(19)20)7-14-12(11(9)13)15-8-17(3)4/h5-8H,1-4H3/b6-5+,15-8?. The van der Waals surface area contributed by atoms with E-state index >= 15 is 0 Å². The van der Waals surface area contributed by atoms with E-state index in [-0.39, 0.29) is 5.69 Å². The van der Waals surface area contributed by atoms with Crippen molar-refractivity contribution in [1.29, 1.82) is 0 Å². The molecule has 1 aromatic rings. The van der Waals surface area contributed by atoms with Crippen LogP contribution < -0.4 is 0 Å². The van der Waals surface area contributed by atoms with Crippen LogP contribution in [0.2, 0.25) is 0 Å². The summed E-state index contributed by atoms with van der Waals surface area (Å²) in [6.45, 7) is 0. The lowest BCUT2D eigenvalue weighted by molar-refractivity contribution is -0.385. The molecule has 1 heterocycles. The van der Waals surface area contributed by atoms with Gasteiger partial charge in [-0.3, -0.25) is 10.1 Å². The molecule has 0 aliphatic rings. The Morgan fingerprint density at radius 1 is 1.35 bits per heavy atom. The number of aliphatic imine (C=N–C) groups is 1. The average Bonchev–Trinajstić information content (AvgIpc) is 2.34. The van der Waals surface area contributed by atoms with Crippen molar-refractivity contribution in [3.8, 4) is 0 Å². The van der Waals surface area contributed by atoms with Crippen molar-refractivity contribution in [2.45, 2.75) is 0 Å². The SMILES string of the molecule is CN(C)C=Nc1ncc([N+](=O)[O-])c(/C=C/N(C)C)c1Br. The van der Waals surface area contributed by atoms with Gasteiger partial charge in [0.2, 0.25) is 0 Å². The van der Waals surface area contributed by atoms with E-state index in [2.05, 4.69) is 25.9 Å². The smallest absolute Gasteiger partial charge is 0.296 e. The van der Waals surface area contributed by atoms with Crippen molar-refractivity contribution in [1.82, 2.24) is 14.8 Å². The topological polar surface area (TPSA) is 74.9 Å². The van der Waals surface area contributed by atoms with Crippen molar-refractivity contribution < 1.29 is 4.92 Å². The third-order valence-corrected chi connectivity index (χ3v) is 2.95. The van der Waals surface area contributed by atoms with E-state index in [1.165, 1.54) is 6.20 Å². The zero-order valence-corrected chi connectivity index (χ0v) is 13.3. The van der Waals surface area contributed by atoms with Crippen LogP contribution in [0.1, 0.15) is 5.56 Å². The number of rotatable bonds is 5. The predicted molar refractivity (Wildman–Crippen MR) is 83.2 cm³/mol. The van der Waals surface area contributed by atoms with Crippen molar-refractivity contribution in [3.63, 3.8) is 0 Å². The first-order chi connectivity index (χ1) is 9.32. The highest BCUT2D eigenvalue weighted by atomic mass is 79.9. The fourth-order valence-electron chi connectivity index (χ4n) is 1.27. The van der Waals surface area contributed by atoms with Gasteiger partial charge in [-0.25, -0.2) is 9.98 Å². The second kappa shape index (κ2) is 6.99. The summed E-state index contributed by atoms with van der Waals surface area (Å²) in [7, 11) is 7.33. The van der Waals surface area contributed by atoms with Crippen LogP contribution >= 0.6 is 15.9 Å². The molecule has 1 rings (SSSR count). The molecule has 0 aliphatic carbocycles. The highest BCUT2D eigenvalue weighted by Crippen LogP contribution is 2.33. The van der Waals surface area contributed by atoms with Crippen LogP contribution in [-0.4, -0.2) is 54.2 Å². The minimum atomic E-state index is -0.466. The summed E-state index contributed by atoms with van der Waals surface area (Å²) < 4.78 is 0.489. The monoisotopic (exact) mass is 341 g/mol. The molecular formula is C12H16BrN5O2. The third-order valence-electron chi connectivity index (χ3n) is 2.16. The number of halogens is 1. The minimum absolute atomic E-state index is 0.0706. The Morgan fingerprint density at radius 3 is 2.50 bits per heavy atom. The molecule has 0 bridgehead atoms. The fourth-order valence-corrected chi connectivity index (χ4v) is 1.81. The lowest BCUT2D eigenvalue weighted by Crippen LogP contribution is -2.07. The molecule has 0 saturated carbocycles. The highest BCUT2D eigenvalue weighted by Gasteiger charge is 2.18. The molecule has 0 atom stereocenters. The molecule has 0 aliphatic heterocycles. The zero-order chi connectivity index (χ0) is 15.3. The summed E-state index contributed by atoms with van der Waals surface area (Å²) in [5.41, 5.74) is 0.364. The van der Waals surface area contributed by atoms with Crippen LogP contribution in [-0.2, 0) is 0 Å². The van der Waals surface area contributed by atoms with Gasteiger partial charge in [0, 0.05) is 28.2 Å². The summed E-state index contributed by atoms with van der Waals surface area (Å²) in [5.74, 6) is 0.391. The van der Waals surface area contributed by atoms with Gasteiger partial charge < -0.3 is 9.80 Å². The molecule has 0 aromatic carbocycles. The molecule has 1 aromatic heterocycles. The number of nitro groups is 1. The fraction of sp³-hybridized carbons (Fsp3) is 0.333. The Hall–Kier alpha value is -1.96. The molecule has 0 radical (unpaired) electrons. The van der Waals surface area contributed by atoms with Gasteiger partial charge in [-0.2, -0.15) is 0 Å². The second-order valence-electron chi connectivity index (χ2n) is 4.44. The first kappa shape index (κ1) is 16.1. The van der Waals surface area contributed by atoms with E-state index in [4.69, 9.17) is 0 Å². The van der Waals surface area contributed by atoms with E-state index in [0.717, 1.165) is 0 Å². The molecular weight excluding hydrogens is 326 g/mol. The van der Waals surface area contributed by atoms with Gasteiger partial charge in [0.25, 0.3) is 5.69 Å². The quantitative estimate of drug-likeness (QED) is 0.356. The Morgan fingerprint density at radius 2 is 2.00 bits per heavy atom. The van der Waals surface area contributed by atoms with E-state index in [0.29, 0.717) is 15.9 Å². The van der Waals surface area contributed by atoms with Gasteiger partial charge in [0.15, 0.2) is 5.82 Å². The number of pyridine rings is 1. The Labute approximate surface area is 125 Å². The second-order valence-corrected chi connectivity index (χ2v) is 5.23. The molecule has 108 valence electrons. The van der Waals surface area contributed by atoms with Gasteiger partial charge in [0.1, 0.15) is 6.20 Å². The summed E-state index contributed by atoms with van der Waals surface area (Å²) in [5, 5.41) is 11.0. The summed E-state index contributed by atoms with van der Waals surface area (Å²) >= 11 is 3.33. The zero-order valence-electron chi connectivity index (χ0n) is 11.7. The van der Waals surface area contributed by atoms with Crippen LogP contribution in [0.4, 0.5) is 11.5 Å². The number of hydrogen-bond donors (Lipinski definition) is 0. The van der Waals surface area contributed by atoms with Crippen LogP contribution in [0.3, 0.4) is 0 Å². The van der Waals surface area contributed by atoms with E-state index in [1.54, 1.807) is 28.4 Å². The molecule has 0 fully saturated rings. The molecule has 0 saturated heterocycles. The van der Waals surface area contributed by atoms with E-state index in [9.17, 15) is 10.1 Å². The third kappa shape index (κ3) is 4.30.